The molecule has 4 nitrogen and oxygen atoms in total. The molecule has 1 aromatic rings. The van der Waals surface area contributed by atoms with Gasteiger partial charge in [-0.05, 0) is 31.2 Å². The number of rotatable bonds is 7. The Morgan fingerprint density at radius 2 is 2.24 bits per heavy atom. The SMILES string of the molecule is CSCCN=C(NCCc1ccco1)NC1CCCC1.I. The van der Waals surface area contributed by atoms with Gasteiger partial charge in [-0.25, -0.2) is 0 Å². The van der Waals surface area contributed by atoms with Crippen molar-refractivity contribution in [1.29, 1.82) is 0 Å². The first kappa shape index (κ1) is 18.7. The molecular formula is C15H26IN3OS. The summed E-state index contributed by atoms with van der Waals surface area (Å²) in [6, 6.07) is 4.54. The summed E-state index contributed by atoms with van der Waals surface area (Å²) >= 11 is 1.83. The molecule has 0 aromatic carbocycles. The van der Waals surface area contributed by atoms with Gasteiger partial charge in [-0.2, -0.15) is 11.8 Å². The number of aliphatic imine (C=N–C) groups is 1. The Morgan fingerprint density at radius 1 is 1.43 bits per heavy atom. The van der Waals surface area contributed by atoms with Crippen molar-refractivity contribution in [2.75, 3.05) is 25.1 Å². The standard InChI is InChI=1S/C15H25N3OS.HI/c1-20-12-10-17-15(18-13-5-2-3-6-13)16-9-8-14-7-4-11-19-14;/h4,7,11,13H,2-3,5-6,8-10,12H2,1H3,(H2,16,17,18);1H. The van der Waals surface area contributed by atoms with Gasteiger partial charge in [-0.3, -0.25) is 4.99 Å². The van der Waals surface area contributed by atoms with Crippen LogP contribution in [-0.4, -0.2) is 37.1 Å². The molecule has 0 atom stereocenters. The highest BCUT2D eigenvalue weighted by atomic mass is 127. The molecule has 0 radical (unpaired) electrons. The summed E-state index contributed by atoms with van der Waals surface area (Å²) in [5, 5.41) is 6.97. The summed E-state index contributed by atoms with van der Waals surface area (Å²) < 4.78 is 5.34. The lowest BCUT2D eigenvalue weighted by Crippen LogP contribution is -2.43. The van der Waals surface area contributed by atoms with E-state index in [0.717, 1.165) is 37.0 Å². The fourth-order valence-corrected chi connectivity index (χ4v) is 2.70. The zero-order valence-electron chi connectivity index (χ0n) is 12.6. The van der Waals surface area contributed by atoms with Gasteiger partial charge < -0.3 is 15.1 Å². The number of hydrogen-bond donors (Lipinski definition) is 2. The van der Waals surface area contributed by atoms with E-state index in [-0.39, 0.29) is 24.0 Å². The van der Waals surface area contributed by atoms with Crippen LogP contribution in [0.2, 0.25) is 0 Å². The molecule has 1 saturated carbocycles. The third kappa shape index (κ3) is 7.44. The van der Waals surface area contributed by atoms with E-state index >= 15 is 0 Å². The molecule has 21 heavy (non-hydrogen) atoms. The van der Waals surface area contributed by atoms with Crippen molar-refractivity contribution >= 4 is 41.7 Å². The monoisotopic (exact) mass is 423 g/mol. The smallest absolute Gasteiger partial charge is 0.191 e. The molecular weight excluding hydrogens is 397 g/mol. The molecule has 0 amide bonds. The molecule has 1 aromatic heterocycles. The molecule has 0 bridgehead atoms. The predicted octanol–water partition coefficient (Wildman–Crippen LogP) is 3.28. The Morgan fingerprint density at radius 3 is 2.90 bits per heavy atom. The summed E-state index contributed by atoms with van der Waals surface area (Å²) in [5.74, 6) is 3.04. The van der Waals surface area contributed by atoms with Crippen LogP contribution >= 0.6 is 35.7 Å². The topological polar surface area (TPSA) is 49.6 Å². The van der Waals surface area contributed by atoms with Crippen molar-refractivity contribution in [3.05, 3.63) is 24.2 Å². The maximum absolute atomic E-state index is 5.34. The van der Waals surface area contributed by atoms with E-state index in [9.17, 15) is 0 Å². The molecule has 0 aliphatic heterocycles. The van der Waals surface area contributed by atoms with Crippen molar-refractivity contribution in [2.45, 2.75) is 38.1 Å². The van der Waals surface area contributed by atoms with Gasteiger partial charge >= 0.3 is 0 Å². The van der Waals surface area contributed by atoms with Gasteiger partial charge in [0.05, 0.1) is 12.8 Å². The first-order chi connectivity index (χ1) is 9.88. The van der Waals surface area contributed by atoms with E-state index in [1.165, 1.54) is 25.7 Å². The summed E-state index contributed by atoms with van der Waals surface area (Å²) in [7, 11) is 0. The van der Waals surface area contributed by atoms with Gasteiger partial charge in [0.25, 0.3) is 0 Å². The Bertz CT molecular complexity index is 392. The lowest BCUT2D eigenvalue weighted by atomic mass is 10.2. The van der Waals surface area contributed by atoms with Crippen LogP contribution in [0.5, 0.6) is 0 Å². The Labute approximate surface area is 148 Å². The quantitative estimate of drug-likeness (QED) is 0.306. The second kappa shape index (κ2) is 11.2. The van der Waals surface area contributed by atoms with Crippen LogP contribution < -0.4 is 10.6 Å². The molecule has 0 saturated heterocycles. The number of halogens is 1. The van der Waals surface area contributed by atoms with Crippen molar-refractivity contribution in [2.24, 2.45) is 4.99 Å². The minimum atomic E-state index is 0. The van der Waals surface area contributed by atoms with E-state index in [0.29, 0.717) is 6.04 Å². The van der Waals surface area contributed by atoms with Gasteiger partial charge in [0, 0.05) is 24.8 Å². The second-order valence-corrected chi connectivity index (χ2v) is 6.09. The van der Waals surface area contributed by atoms with Gasteiger partial charge in [0.15, 0.2) is 5.96 Å². The highest BCUT2D eigenvalue weighted by molar-refractivity contribution is 14.0. The predicted molar refractivity (Wildman–Crippen MR) is 102 cm³/mol. The maximum atomic E-state index is 5.34. The van der Waals surface area contributed by atoms with Crippen LogP contribution in [0.3, 0.4) is 0 Å². The number of nitrogens with zero attached hydrogens (tertiary/aromatic N) is 1. The minimum absolute atomic E-state index is 0. The summed E-state index contributed by atoms with van der Waals surface area (Å²) in [6.45, 7) is 1.72. The van der Waals surface area contributed by atoms with Gasteiger partial charge in [0.1, 0.15) is 5.76 Å². The van der Waals surface area contributed by atoms with E-state index in [2.05, 4.69) is 21.9 Å². The number of guanidine groups is 1. The van der Waals surface area contributed by atoms with Crippen LogP contribution in [0.4, 0.5) is 0 Å². The van der Waals surface area contributed by atoms with Crippen molar-refractivity contribution in [1.82, 2.24) is 10.6 Å². The van der Waals surface area contributed by atoms with Crippen molar-refractivity contribution in [3.63, 3.8) is 0 Å². The molecule has 1 aliphatic carbocycles. The van der Waals surface area contributed by atoms with E-state index in [4.69, 9.17) is 4.42 Å². The number of nitrogens with one attached hydrogen (secondary N) is 2. The van der Waals surface area contributed by atoms with Crippen molar-refractivity contribution < 1.29 is 4.42 Å². The molecule has 0 spiro atoms. The maximum Gasteiger partial charge on any atom is 0.191 e. The fourth-order valence-electron chi connectivity index (χ4n) is 2.42. The van der Waals surface area contributed by atoms with Crippen LogP contribution in [0.1, 0.15) is 31.4 Å². The van der Waals surface area contributed by atoms with E-state index in [1.807, 2.05) is 23.9 Å². The Hall–Kier alpha value is -0.370. The molecule has 120 valence electrons. The lowest BCUT2D eigenvalue weighted by Gasteiger charge is -2.17. The molecule has 2 N–H and O–H groups in total. The third-order valence-electron chi connectivity index (χ3n) is 3.51. The third-order valence-corrected chi connectivity index (χ3v) is 4.10. The average Bonchev–Trinajstić information content (AvgIpc) is 3.12. The highest BCUT2D eigenvalue weighted by Gasteiger charge is 2.15. The number of hydrogen-bond acceptors (Lipinski definition) is 3. The van der Waals surface area contributed by atoms with Crippen LogP contribution in [0, 0.1) is 0 Å². The van der Waals surface area contributed by atoms with E-state index in [1.54, 1.807) is 6.26 Å². The first-order valence-electron chi connectivity index (χ1n) is 7.44. The number of thioether (sulfide) groups is 1. The van der Waals surface area contributed by atoms with Crippen LogP contribution in [0.15, 0.2) is 27.8 Å². The van der Waals surface area contributed by atoms with Gasteiger partial charge in [-0.15, -0.1) is 24.0 Å². The normalized spacial score (nSPS) is 15.8. The number of furan rings is 1. The largest absolute Gasteiger partial charge is 0.469 e. The highest BCUT2D eigenvalue weighted by Crippen LogP contribution is 2.17. The molecule has 0 unspecified atom stereocenters. The minimum Gasteiger partial charge on any atom is -0.469 e. The summed E-state index contributed by atoms with van der Waals surface area (Å²) in [6.07, 6.45) is 9.93. The van der Waals surface area contributed by atoms with Crippen LogP contribution in [-0.2, 0) is 6.42 Å². The molecule has 6 heteroatoms. The summed E-state index contributed by atoms with van der Waals surface area (Å²) in [5.41, 5.74) is 0. The van der Waals surface area contributed by atoms with Crippen molar-refractivity contribution in [3.8, 4) is 0 Å². The van der Waals surface area contributed by atoms with Gasteiger partial charge in [0.2, 0.25) is 0 Å². The van der Waals surface area contributed by atoms with Crippen LogP contribution in [0.25, 0.3) is 0 Å². The Kier molecular flexibility index (Phi) is 9.99. The average molecular weight is 423 g/mol. The fraction of sp³-hybridized carbons (Fsp3) is 0.667. The zero-order chi connectivity index (χ0) is 14.0. The summed E-state index contributed by atoms with van der Waals surface area (Å²) in [4.78, 5) is 4.64. The zero-order valence-corrected chi connectivity index (χ0v) is 15.8. The molecule has 1 fully saturated rings. The molecule has 1 heterocycles. The molecule has 1 aliphatic rings. The Balaban J connectivity index is 0.00000220. The van der Waals surface area contributed by atoms with Gasteiger partial charge in [-0.1, -0.05) is 12.8 Å². The first-order valence-corrected chi connectivity index (χ1v) is 8.84. The van der Waals surface area contributed by atoms with E-state index < -0.39 is 0 Å². The second-order valence-electron chi connectivity index (χ2n) is 5.10. The lowest BCUT2D eigenvalue weighted by molar-refractivity contribution is 0.506. The molecule has 2 rings (SSSR count).